The lowest BCUT2D eigenvalue weighted by molar-refractivity contribution is 0.898. The molecule has 0 saturated heterocycles. The highest BCUT2D eigenvalue weighted by Crippen LogP contribution is 2.28. The van der Waals surface area contributed by atoms with Crippen molar-refractivity contribution in [1.29, 1.82) is 0 Å². The summed E-state index contributed by atoms with van der Waals surface area (Å²) in [4.78, 5) is 0. The number of hydrogen-bond donors (Lipinski definition) is 1. The van der Waals surface area contributed by atoms with Crippen molar-refractivity contribution in [2.24, 2.45) is 0 Å². The van der Waals surface area contributed by atoms with Crippen molar-refractivity contribution in [2.75, 3.05) is 11.9 Å². The predicted molar refractivity (Wildman–Crippen MR) is 63.8 cm³/mol. The molecule has 1 unspecified atom stereocenters. The van der Waals surface area contributed by atoms with Gasteiger partial charge in [-0.05, 0) is 25.5 Å². The van der Waals surface area contributed by atoms with Crippen LogP contribution in [0.15, 0.2) is 36.4 Å². The third-order valence-corrected chi connectivity index (χ3v) is 2.53. The summed E-state index contributed by atoms with van der Waals surface area (Å²) in [5, 5.41) is 3.37. The Morgan fingerprint density at radius 1 is 1.43 bits per heavy atom. The van der Waals surface area contributed by atoms with Gasteiger partial charge in [-0.1, -0.05) is 37.3 Å². The van der Waals surface area contributed by atoms with Gasteiger partial charge in [-0.2, -0.15) is 0 Å². The second-order valence-electron chi connectivity index (χ2n) is 3.69. The summed E-state index contributed by atoms with van der Waals surface area (Å²) in [6.07, 6.45) is 0. The van der Waals surface area contributed by atoms with Gasteiger partial charge in [-0.15, -0.1) is 0 Å². The number of allylic oxidation sites excluding steroid dienone is 1. The van der Waals surface area contributed by atoms with E-state index >= 15 is 0 Å². The largest absolute Gasteiger partial charge is 0.385 e. The van der Waals surface area contributed by atoms with E-state index in [2.05, 4.69) is 56.9 Å². The summed E-state index contributed by atoms with van der Waals surface area (Å²) < 4.78 is 0. The molecule has 1 aromatic rings. The van der Waals surface area contributed by atoms with Gasteiger partial charge in [0.25, 0.3) is 0 Å². The summed E-state index contributed by atoms with van der Waals surface area (Å²) in [6, 6.07) is 8.43. The second kappa shape index (κ2) is 4.85. The van der Waals surface area contributed by atoms with Crippen molar-refractivity contribution in [3.05, 3.63) is 42.0 Å². The zero-order chi connectivity index (χ0) is 10.6. The molecule has 0 aliphatic heterocycles. The van der Waals surface area contributed by atoms with Crippen LogP contribution in [0.25, 0.3) is 0 Å². The Balaban J connectivity index is 3.00. The number of nitrogens with one attached hydrogen (secondary N) is 1. The molecule has 0 amide bonds. The molecular weight excluding hydrogens is 170 g/mol. The number of benzene rings is 1. The lowest BCUT2D eigenvalue weighted by atomic mass is 9.93. The van der Waals surface area contributed by atoms with Crippen LogP contribution in [-0.4, -0.2) is 6.54 Å². The molecule has 0 heterocycles. The van der Waals surface area contributed by atoms with Crippen molar-refractivity contribution in [3.63, 3.8) is 0 Å². The van der Waals surface area contributed by atoms with Crippen molar-refractivity contribution in [1.82, 2.24) is 0 Å². The van der Waals surface area contributed by atoms with E-state index in [4.69, 9.17) is 0 Å². The molecule has 0 aliphatic carbocycles. The van der Waals surface area contributed by atoms with Gasteiger partial charge in [0.15, 0.2) is 0 Å². The first kappa shape index (κ1) is 10.8. The maximum Gasteiger partial charge on any atom is 0.0378 e. The fourth-order valence-electron chi connectivity index (χ4n) is 1.49. The molecule has 0 bridgehead atoms. The van der Waals surface area contributed by atoms with Gasteiger partial charge in [0.05, 0.1) is 0 Å². The molecule has 0 spiro atoms. The van der Waals surface area contributed by atoms with Crippen LogP contribution in [-0.2, 0) is 0 Å². The van der Waals surface area contributed by atoms with E-state index in [1.54, 1.807) is 0 Å². The zero-order valence-corrected chi connectivity index (χ0v) is 9.30. The summed E-state index contributed by atoms with van der Waals surface area (Å²) in [5.74, 6) is 0.422. The van der Waals surface area contributed by atoms with Crippen molar-refractivity contribution >= 4 is 5.69 Å². The van der Waals surface area contributed by atoms with Gasteiger partial charge in [-0.3, -0.25) is 0 Å². The summed E-state index contributed by atoms with van der Waals surface area (Å²) in [6.45, 7) is 11.3. The van der Waals surface area contributed by atoms with Crippen LogP contribution in [0.4, 0.5) is 5.69 Å². The highest BCUT2D eigenvalue weighted by molar-refractivity contribution is 5.54. The fraction of sp³-hybridized carbons (Fsp3) is 0.385. The van der Waals surface area contributed by atoms with Crippen LogP contribution in [0.1, 0.15) is 32.3 Å². The van der Waals surface area contributed by atoms with E-state index in [9.17, 15) is 0 Å². The van der Waals surface area contributed by atoms with E-state index in [1.807, 2.05) is 0 Å². The molecule has 1 nitrogen and oxygen atoms in total. The topological polar surface area (TPSA) is 12.0 Å². The standard InChI is InChI=1S/C13H19N/c1-5-14-13-9-7-6-8-12(13)11(4)10(2)3/h6-9,11,14H,2,5H2,1,3-4H3. The highest BCUT2D eigenvalue weighted by atomic mass is 14.9. The van der Waals surface area contributed by atoms with Gasteiger partial charge in [0, 0.05) is 18.2 Å². The molecule has 0 saturated carbocycles. The minimum Gasteiger partial charge on any atom is -0.385 e. The maximum atomic E-state index is 4.00. The van der Waals surface area contributed by atoms with Gasteiger partial charge < -0.3 is 5.32 Å². The predicted octanol–water partition coefficient (Wildman–Crippen LogP) is 3.80. The summed E-state index contributed by atoms with van der Waals surface area (Å²) >= 11 is 0. The summed E-state index contributed by atoms with van der Waals surface area (Å²) in [5.41, 5.74) is 3.77. The van der Waals surface area contributed by atoms with Crippen LogP contribution in [0.2, 0.25) is 0 Å². The quantitative estimate of drug-likeness (QED) is 0.710. The minimum absolute atomic E-state index is 0.422. The molecule has 0 aliphatic rings. The Morgan fingerprint density at radius 3 is 2.64 bits per heavy atom. The van der Waals surface area contributed by atoms with E-state index in [-0.39, 0.29) is 0 Å². The van der Waals surface area contributed by atoms with E-state index in [0.717, 1.165) is 6.54 Å². The molecular formula is C13H19N. The Morgan fingerprint density at radius 2 is 2.07 bits per heavy atom. The van der Waals surface area contributed by atoms with Gasteiger partial charge in [-0.25, -0.2) is 0 Å². The SMILES string of the molecule is C=C(C)C(C)c1ccccc1NCC. The Labute approximate surface area is 86.8 Å². The minimum atomic E-state index is 0.422. The highest BCUT2D eigenvalue weighted by Gasteiger charge is 2.09. The number of anilines is 1. The average molecular weight is 189 g/mol. The van der Waals surface area contributed by atoms with E-state index in [0.29, 0.717) is 5.92 Å². The first-order valence-electron chi connectivity index (χ1n) is 5.15. The van der Waals surface area contributed by atoms with Crippen LogP contribution in [0, 0.1) is 0 Å². The van der Waals surface area contributed by atoms with Crippen molar-refractivity contribution in [2.45, 2.75) is 26.7 Å². The van der Waals surface area contributed by atoms with Crippen LogP contribution in [0.3, 0.4) is 0 Å². The molecule has 0 fully saturated rings. The Bertz CT molecular complexity index is 315. The lowest BCUT2D eigenvalue weighted by Crippen LogP contribution is -2.03. The lowest BCUT2D eigenvalue weighted by Gasteiger charge is -2.16. The van der Waals surface area contributed by atoms with Gasteiger partial charge in [0.2, 0.25) is 0 Å². The number of para-hydroxylation sites is 1. The smallest absolute Gasteiger partial charge is 0.0378 e. The molecule has 0 aromatic heterocycles. The van der Waals surface area contributed by atoms with Crippen LogP contribution >= 0.6 is 0 Å². The third-order valence-electron chi connectivity index (χ3n) is 2.53. The zero-order valence-electron chi connectivity index (χ0n) is 9.30. The molecule has 1 aromatic carbocycles. The van der Waals surface area contributed by atoms with Gasteiger partial charge in [0.1, 0.15) is 0 Å². The second-order valence-corrected chi connectivity index (χ2v) is 3.69. The average Bonchev–Trinajstić information content (AvgIpc) is 2.18. The Hall–Kier alpha value is -1.24. The number of hydrogen-bond acceptors (Lipinski definition) is 1. The molecule has 0 radical (unpaired) electrons. The van der Waals surface area contributed by atoms with Crippen molar-refractivity contribution in [3.8, 4) is 0 Å². The maximum absolute atomic E-state index is 4.00. The Kier molecular flexibility index (Phi) is 3.75. The van der Waals surface area contributed by atoms with Crippen molar-refractivity contribution < 1.29 is 0 Å². The third kappa shape index (κ3) is 2.38. The molecule has 14 heavy (non-hydrogen) atoms. The fourth-order valence-corrected chi connectivity index (χ4v) is 1.49. The summed E-state index contributed by atoms with van der Waals surface area (Å²) in [7, 11) is 0. The monoisotopic (exact) mass is 189 g/mol. The van der Waals surface area contributed by atoms with E-state index in [1.165, 1.54) is 16.8 Å². The molecule has 1 rings (SSSR count). The number of rotatable bonds is 4. The van der Waals surface area contributed by atoms with Gasteiger partial charge >= 0.3 is 0 Å². The van der Waals surface area contributed by atoms with E-state index < -0.39 is 0 Å². The molecule has 1 N–H and O–H groups in total. The van der Waals surface area contributed by atoms with Crippen LogP contribution in [0.5, 0.6) is 0 Å². The first-order valence-corrected chi connectivity index (χ1v) is 5.15. The first-order chi connectivity index (χ1) is 6.66. The normalized spacial score (nSPS) is 12.2. The van der Waals surface area contributed by atoms with Crippen LogP contribution < -0.4 is 5.32 Å². The molecule has 76 valence electrons. The molecule has 1 heteroatoms. The molecule has 1 atom stereocenters.